The highest BCUT2D eigenvalue weighted by molar-refractivity contribution is 9.10. The lowest BCUT2D eigenvalue weighted by Gasteiger charge is -2.07. The van der Waals surface area contributed by atoms with Gasteiger partial charge in [-0.15, -0.1) is 0 Å². The number of hydrogen-bond donors (Lipinski definition) is 3. The Hall–Kier alpha value is -3.32. The molecule has 0 aliphatic carbocycles. The first-order valence-electron chi connectivity index (χ1n) is 8.06. The van der Waals surface area contributed by atoms with Gasteiger partial charge in [-0.2, -0.15) is 0 Å². The summed E-state index contributed by atoms with van der Waals surface area (Å²) in [5.74, 6) is 1.48. The van der Waals surface area contributed by atoms with E-state index in [1.54, 1.807) is 30.3 Å². The fraction of sp³-hybridized carbons (Fsp3) is 0. The van der Waals surface area contributed by atoms with Crippen molar-refractivity contribution in [1.29, 1.82) is 0 Å². The molecule has 0 bridgehead atoms. The summed E-state index contributed by atoms with van der Waals surface area (Å²) < 4.78 is 6.35. The van der Waals surface area contributed by atoms with E-state index in [9.17, 15) is 9.90 Å². The zero-order chi connectivity index (χ0) is 19.0. The van der Waals surface area contributed by atoms with Crippen LogP contribution in [0.5, 0.6) is 17.2 Å². The molecule has 134 valence electrons. The van der Waals surface area contributed by atoms with Gasteiger partial charge in [0.25, 0.3) is 0 Å². The molecule has 0 saturated heterocycles. The molecule has 27 heavy (non-hydrogen) atoms. The second-order valence-corrected chi connectivity index (χ2v) is 6.78. The highest BCUT2D eigenvalue weighted by atomic mass is 79.9. The predicted octanol–water partition coefficient (Wildman–Crippen LogP) is 4.59. The lowest BCUT2D eigenvalue weighted by atomic mass is 10.2. The summed E-state index contributed by atoms with van der Waals surface area (Å²) in [5.41, 5.74) is 8.11. The average molecular weight is 424 g/mol. The van der Waals surface area contributed by atoms with Crippen molar-refractivity contribution in [3.05, 3.63) is 70.7 Å². The quantitative estimate of drug-likeness (QED) is 0.446. The number of hydrogen-bond acceptors (Lipinski definition) is 4. The Kier molecular flexibility index (Phi) is 4.29. The van der Waals surface area contributed by atoms with Crippen LogP contribution in [0.1, 0.15) is 10.4 Å². The number of phenols is 1. The molecule has 0 unspecified atom stereocenters. The van der Waals surface area contributed by atoms with Gasteiger partial charge in [-0.05, 0) is 70.5 Å². The maximum Gasteiger partial charge on any atom is 0.248 e. The van der Waals surface area contributed by atoms with E-state index in [4.69, 9.17) is 10.5 Å². The third-order valence-electron chi connectivity index (χ3n) is 4.05. The molecule has 4 N–H and O–H groups in total. The number of nitrogens with one attached hydrogen (secondary N) is 1. The van der Waals surface area contributed by atoms with Crippen LogP contribution in [0, 0.1) is 0 Å². The minimum Gasteiger partial charge on any atom is -0.507 e. The summed E-state index contributed by atoms with van der Waals surface area (Å²) >= 11 is 3.24. The van der Waals surface area contributed by atoms with Crippen molar-refractivity contribution in [2.24, 2.45) is 5.73 Å². The van der Waals surface area contributed by atoms with Crippen LogP contribution in [0.15, 0.2) is 65.1 Å². The Bertz CT molecular complexity index is 1150. The number of benzene rings is 3. The first-order chi connectivity index (χ1) is 13.0. The second-order valence-electron chi connectivity index (χ2n) is 5.92. The van der Waals surface area contributed by atoms with Gasteiger partial charge in [0.15, 0.2) is 0 Å². The number of halogens is 1. The van der Waals surface area contributed by atoms with Gasteiger partial charge in [-0.1, -0.05) is 0 Å². The van der Waals surface area contributed by atoms with E-state index in [1.165, 1.54) is 6.07 Å². The molecule has 7 heteroatoms. The Labute approximate surface area is 162 Å². The number of nitrogens with two attached hydrogens (primary N) is 1. The number of nitrogens with zero attached hydrogens (tertiary/aromatic N) is 1. The van der Waals surface area contributed by atoms with Crippen LogP contribution in [0.25, 0.3) is 22.4 Å². The highest BCUT2D eigenvalue weighted by Gasteiger charge is 2.09. The molecule has 1 heterocycles. The highest BCUT2D eigenvalue weighted by Crippen LogP contribution is 2.31. The molecule has 6 nitrogen and oxygen atoms in total. The minimum atomic E-state index is -0.478. The standard InChI is InChI=1S/C20H14BrN3O3/c21-15-7-6-14(10-18(15)25)27-13-4-1-11(2-5-13)20-23-16-8-3-12(19(22)26)9-17(16)24-20/h1-10,25H,(H2,22,26)(H,23,24). The number of fused-ring (bicyclic) bond motifs is 1. The van der Waals surface area contributed by atoms with Gasteiger partial charge < -0.3 is 20.6 Å². The Balaban J connectivity index is 1.59. The van der Waals surface area contributed by atoms with Crippen molar-refractivity contribution in [3.63, 3.8) is 0 Å². The molecule has 0 fully saturated rings. The van der Waals surface area contributed by atoms with Crippen LogP contribution in [0.4, 0.5) is 0 Å². The van der Waals surface area contributed by atoms with Gasteiger partial charge in [0.1, 0.15) is 23.1 Å². The van der Waals surface area contributed by atoms with E-state index in [0.717, 1.165) is 16.6 Å². The summed E-state index contributed by atoms with van der Waals surface area (Å²) in [5, 5.41) is 9.73. The van der Waals surface area contributed by atoms with Gasteiger partial charge in [0, 0.05) is 17.2 Å². The summed E-state index contributed by atoms with van der Waals surface area (Å²) in [7, 11) is 0. The summed E-state index contributed by atoms with van der Waals surface area (Å²) in [6.07, 6.45) is 0. The topological polar surface area (TPSA) is 101 Å². The van der Waals surface area contributed by atoms with E-state index < -0.39 is 5.91 Å². The van der Waals surface area contributed by atoms with Crippen LogP contribution in [0.3, 0.4) is 0 Å². The first kappa shape index (κ1) is 17.1. The summed E-state index contributed by atoms with van der Waals surface area (Å²) in [6, 6.07) is 17.5. The largest absolute Gasteiger partial charge is 0.507 e. The van der Waals surface area contributed by atoms with Crippen LogP contribution in [0.2, 0.25) is 0 Å². The molecule has 0 saturated carbocycles. The van der Waals surface area contributed by atoms with Crippen LogP contribution < -0.4 is 10.5 Å². The molecule has 1 aromatic heterocycles. The molecule has 0 aliphatic rings. The van der Waals surface area contributed by atoms with E-state index >= 15 is 0 Å². The maximum absolute atomic E-state index is 11.3. The second kappa shape index (κ2) is 6.77. The average Bonchev–Trinajstić information content (AvgIpc) is 3.08. The maximum atomic E-state index is 11.3. The number of H-pyrrole nitrogens is 1. The third kappa shape index (κ3) is 3.50. The molecule has 4 rings (SSSR count). The molecule has 0 atom stereocenters. The lowest BCUT2D eigenvalue weighted by Crippen LogP contribution is -2.10. The normalized spacial score (nSPS) is 10.9. The predicted molar refractivity (Wildman–Crippen MR) is 106 cm³/mol. The Morgan fingerprint density at radius 3 is 2.48 bits per heavy atom. The van der Waals surface area contributed by atoms with Crippen molar-refractivity contribution >= 4 is 32.9 Å². The van der Waals surface area contributed by atoms with Gasteiger partial charge in [0.05, 0.1) is 15.5 Å². The van der Waals surface area contributed by atoms with Crippen molar-refractivity contribution < 1.29 is 14.6 Å². The van der Waals surface area contributed by atoms with E-state index in [2.05, 4.69) is 25.9 Å². The molecule has 1 amide bonds. The first-order valence-corrected chi connectivity index (χ1v) is 8.85. The number of carbonyl (C=O) groups is 1. The van der Waals surface area contributed by atoms with Gasteiger partial charge in [0.2, 0.25) is 5.91 Å². The summed E-state index contributed by atoms with van der Waals surface area (Å²) in [6.45, 7) is 0. The number of amides is 1. The Morgan fingerprint density at radius 2 is 1.78 bits per heavy atom. The molecular formula is C20H14BrN3O3. The molecule has 0 spiro atoms. The van der Waals surface area contributed by atoms with E-state index in [0.29, 0.717) is 27.4 Å². The zero-order valence-corrected chi connectivity index (χ0v) is 15.5. The van der Waals surface area contributed by atoms with Gasteiger partial charge in [-0.25, -0.2) is 4.98 Å². The summed E-state index contributed by atoms with van der Waals surface area (Å²) in [4.78, 5) is 19.0. The third-order valence-corrected chi connectivity index (χ3v) is 4.72. The smallest absolute Gasteiger partial charge is 0.248 e. The van der Waals surface area contributed by atoms with Crippen molar-refractivity contribution in [3.8, 4) is 28.6 Å². The Morgan fingerprint density at radius 1 is 1.04 bits per heavy atom. The van der Waals surface area contributed by atoms with Crippen LogP contribution in [-0.2, 0) is 0 Å². The number of aromatic amines is 1. The van der Waals surface area contributed by atoms with Crippen LogP contribution in [-0.4, -0.2) is 21.0 Å². The number of ether oxygens (including phenoxy) is 1. The van der Waals surface area contributed by atoms with Gasteiger partial charge >= 0.3 is 0 Å². The number of aromatic hydroxyl groups is 1. The molecule has 3 aromatic carbocycles. The minimum absolute atomic E-state index is 0.113. The van der Waals surface area contributed by atoms with Crippen molar-refractivity contribution in [2.45, 2.75) is 0 Å². The van der Waals surface area contributed by atoms with E-state index in [1.807, 2.05) is 24.3 Å². The molecule has 0 aliphatic heterocycles. The number of phenolic OH excluding ortho intramolecular Hbond substituents is 1. The number of imidazole rings is 1. The fourth-order valence-corrected chi connectivity index (χ4v) is 2.92. The van der Waals surface area contributed by atoms with E-state index in [-0.39, 0.29) is 5.75 Å². The van der Waals surface area contributed by atoms with Crippen LogP contribution >= 0.6 is 15.9 Å². The fourth-order valence-electron chi connectivity index (χ4n) is 2.67. The number of carbonyl (C=O) groups excluding carboxylic acids is 1. The zero-order valence-electron chi connectivity index (χ0n) is 13.9. The molecule has 0 radical (unpaired) electrons. The van der Waals surface area contributed by atoms with Crippen molar-refractivity contribution in [1.82, 2.24) is 9.97 Å². The van der Waals surface area contributed by atoms with Crippen molar-refractivity contribution in [2.75, 3.05) is 0 Å². The molecule has 4 aromatic rings. The SMILES string of the molecule is NC(=O)c1ccc2nc(-c3ccc(Oc4ccc(Br)c(O)c4)cc3)[nH]c2c1. The van der Waals surface area contributed by atoms with Gasteiger partial charge in [-0.3, -0.25) is 4.79 Å². The molecular weight excluding hydrogens is 410 g/mol. The number of rotatable bonds is 4. The lowest BCUT2D eigenvalue weighted by molar-refractivity contribution is 0.100. The monoisotopic (exact) mass is 423 g/mol. The number of primary amides is 1. The number of aromatic nitrogens is 2.